The van der Waals surface area contributed by atoms with Gasteiger partial charge < -0.3 is 20.3 Å². The van der Waals surface area contributed by atoms with Crippen molar-refractivity contribution < 1.29 is 28.9 Å². The van der Waals surface area contributed by atoms with E-state index in [-0.39, 0.29) is 18.2 Å². The molecule has 192 valence electrons. The topological polar surface area (TPSA) is 114 Å². The summed E-state index contributed by atoms with van der Waals surface area (Å²) in [6, 6.07) is 12.5. The number of nitrogens with zero attached hydrogens (tertiary/aromatic N) is 2. The molecule has 1 aromatic heterocycles. The van der Waals surface area contributed by atoms with E-state index in [2.05, 4.69) is 10.4 Å². The van der Waals surface area contributed by atoms with Crippen LogP contribution in [0.2, 0.25) is 5.02 Å². The summed E-state index contributed by atoms with van der Waals surface area (Å²) in [4.78, 5) is 24.6. The molecule has 0 spiro atoms. The average molecular weight is 518 g/mol. The van der Waals surface area contributed by atoms with Gasteiger partial charge in [0.05, 0.1) is 18.2 Å². The van der Waals surface area contributed by atoms with E-state index in [1.54, 1.807) is 31.2 Å². The van der Waals surface area contributed by atoms with Crippen molar-refractivity contribution in [3.8, 4) is 11.6 Å². The highest BCUT2D eigenvalue weighted by atomic mass is 35.5. The molecule has 8 nitrogen and oxygen atoms in total. The van der Waals surface area contributed by atoms with E-state index < -0.39 is 41.2 Å². The molecule has 10 heteroatoms. The average Bonchev–Trinajstić information content (AvgIpc) is 3.21. The third kappa shape index (κ3) is 6.41. The Hall–Kier alpha value is -3.43. The first-order valence-corrected chi connectivity index (χ1v) is 11.6. The maximum atomic E-state index is 13.5. The number of rotatable bonds is 9. The number of benzene rings is 2. The molecule has 0 radical (unpaired) electrons. The number of nitrogens with one attached hydrogen (secondary N) is 1. The molecule has 2 aromatic carbocycles. The zero-order valence-corrected chi connectivity index (χ0v) is 21.2. The Labute approximate surface area is 213 Å². The number of aromatic nitrogens is 2. The van der Waals surface area contributed by atoms with Gasteiger partial charge in [-0.1, -0.05) is 50.6 Å². The van der Waals surface area contributed by atoms with Crippen molar-refractivity contribution in [3.63, 3.8) is 0 Å². The quantitative estimate of drug-likeness (QED) is 0.376. The second-order valence-electron chi connectivity index (χ2n) is 9.71. The van der Waals surface area contributed by atoms with Crippen LogP contribution in [0.3, 0.4) is 0 Å². The van der Waals surface area contributed by atoms with E-state index in [0.29, 0.717) is 16.3 Å². The van der Waals surface area contributed by atoms with Gasteiger partial charge in [0.15, 0.2) is 5.69 Å². The first kappa shape index (κ1) is 27.2. The number of hydrogen-bond donors (Lipinski definition) is 3. The monoisotopic (exact) mass is 517 g/mol. The van der Waals surface area contributed by atoms with Crippen molar-refractivity contribution >= 4 is 23.5 Å². The zero-order chi connectivity index (χ0) is 26.7. The second-order valence-corrected chi connectivity index (χ2v) is 10.1. The predicted molar refractivity (Wildman–Crippen MR) is 133 cm³/mol. The van der Waals surface area contributed by atoms with Gasteiger partial charge in [-0.2, -0.15) is 5.10 Å². The third-order valence-corrected chi connectivity index (χ3v) is 6.41. The zero-order valence-electron chi connectivity index (χ0n) is 20.5. The highest BCUT2D eigenvalue weighted by Crippen LogP contribution is 2.31. The lowest BCUT2D eigenvalue weighted by atomic mass is 9.78. The van der Waals surface area contributed by atoms with E-state index in [4.69, 9.17) is 16.3 Å². The van der Waals surface area contributed by atoms with Gasteiger partial charge in [-0.05, 0) is 48.2 Å². The second kappa shape index (κ2) is 10.7. The molecule has 0 aliphatic heterocycles. The summed E-state index contributed by atoms with van der Waals surface area (Å²) in [7, 11) is 0. The normalized spacial score (nSPS) is 14.1. The summed E-state index contributed by atoms with van der Waals surface area (Å²) in [5, 5.41) is 27.5. The van der Waals surface area contributed by atoms with Gasteiger partial charge in [-0.3, -0.25) is 9.59 Å². The summed E-state index contributed by atoms with van der Waals surface area (Å²) in [6.45, 7) is 7.13. The molecule has 0 aliphatic rings. The molecule has 0 fully saturated rings. The number of carboxylic acids is 1. The number of carbonyl (C=O) groups excluding carboxylic acids is 1. The van der Waals surface area contributed by atoms with Crippen molar-refractivity contribution in [2.45, 2.75) is 45.8 Å². The number of aliphatic carboxylic acids is 1. The van der Waals surface area contributed by atoms with Crippen LogP contribution in [-0.4, -0.2) is 44.1 Å². The maximum absolute atomic E-state index is 13.5. The van der Waals surface area contributed by atoms with Crippen LogP contribution < -0.4 is 10.1 Å². The van der Waals surface area contributed by atoms with Gasteiger partial charge >= 0.3 is 5.97 Å². The maximum Gasteiger partial charge on any atom is 0.305 e. The molecule has 0 saturated heterocycles. The third-order valence-electron chi connectivity index (χ3n) is 6.06. The first-order chi connectivity index (χ1) is 16.8. The van der Waals surface area contributed by atoms with Crippen LogP contribution in [-0.2, 0) is 4.79 Å². The molecule has 3 rings (SSSR count). The van der Waals surface area contributed by atoms with E-state index in [1.807, 2.05) is 20.8 Å². The summed E-state index contributed by atoms with van der Waals surface area (Å²) in [5.74, 6) is -2.08. The number of hydrogen-bond acceptors (Lipinski definition) is 5. The lowest BCUT2D eigenvalue weighted by Crippen LogP contribution is -2.45. The van der Waals surface area contributed by atoms with Gasteiger partial charge in [0, 0.05) is 11.1 Å². The number of carboxylic acid groups (broad SMARTS) is 1. The predicted octanol–water partition coefficient (Wildman–Crippen LogP) is 4.79. The Bertz CT molecular complexity index is 1240. The fourth-order valence-electron chi connectivity index (χ4n) is 3.18. The van der Waals surface area contributed by atoms with Crippen LogP contribution in [0.5, 0.6) is 5.88 Å². The molecule has 2 atom stereocenters. The number of carbonyl (C=O) groups is 2. The molecule has 3 N–H and O–H groups in total. The molecule has 36 heavy (non-hydrogen) atoms. The molecule has 3 aromatic rings. The minimum atomic E-state index is -1.22. The minimum absolute atomic E-state index is 0.0628. The van der Waals surface area contributed by atoms with Crippen molar-refractivity contribution in [1.29, 1.82) is 0 Å². The molecule has 0 bridgehead atoms. The van der Waals surface area contributed by atoms with Crippen LogP contribution in [0.4, 0.5) is 4.39 Å². The Morgan fingerprint density at radius 2 is 1.78 bits per heavy atom. The van der Waals surface area contributed by atoms with Gasteiger partial charge in [-0.15, -0.1) is 0 Å². The minimum Gasteiger partial charge on any atom is -0.481 e. The lowest BCUT2D eigenvalue weighted by Gasteiger charge is -2.36. The SMILES string of the molecule is CC(C)(C)[C@](C)(O)COc1cc(C(=O)N[C@@H](CC(=O)O)c2ccccc2Cl)nn1-c1ccc(F)cc1. The smallest absolute Gasteiger partial charge is 0.305 e. The van der Waals surface area contributed by atoms with Gasteiger partial charge in [0.25, 0.3) is 5.91 Å². The van der Waals surface area contributed by atoms with Crippen LogP contribution in [0, 0.1) is 11.2 Å². The number of ether oxygens (including phenoxy) is 1. The Morgan fingerprint density at radius 3 is 2.36 bits per heavy atom. The highest BCUT2D eigenvalue weighted by Gasteiger charge is 2.36. The van der Waals surface area contributed by atoms with Crippen LogP contribution >= 0.6 is 11.6 Å². The number of halogens is 2. The molecule has 0 saturated carbocycles. The highest BCUT2D eigenvalue weighted by molar-refractivity contribution is 6.31. The van der Waals surface area contributed by atoms with Crippen LogP contribution in [0.25, 0.3) is 5.69 Å². The Balaban J connectivity index is 1.95. The van der Waals surface area contributed by atoms with Gasteiger partial charge in [0.1, 0.15) is 18.0 Å². The van der Waals surface area contributed by atoms with Crippen molar-refractivity contribution in [3.05, 3.63) is 76.7 Å². The van der Waals surface area contributed by atoms with Gasteiger partial charge in [-0.25, -0.2) is 9.07 Å². The fourth-order valence-corrected chi connectivity index (χ4v) is 3.45. The summed E-state index contributed by atoms with van der Waals surface area (Å²) in [6.07, 6.45) is -0.397. The molecule has 1 amide bonds. The first-order valence-electron chi connectivity index (χ1n) is 11.3. The molecule has 0 aliphatic carbocycles. The molecular formula is C26H29ClFN3O5. The van der Waals surface area contributed by atoms with E-state index in [1.165, 1.54) is 35.0 Å². The molecule has 0 unspecified atom stereocenters. The Kier molecular flexibility index (Phi) is 8.05. The van der Waals surface area contributed by atoms with Crippen LogP contribution in [0.15, 0.2) is 54.6 Å². The van der Waals surface area contributed by atoms with Crippen molar-refractivity contribution in [2.75, 3.05) is 6.61 Å². The number of aliphatic hydroxyl groups is 1. The fraction of sp³-hybridized carbons (Fsp3) is 0.346. The molecule has 1 heterocycles. The van der Waals surface area contributed by atoms with Gasteiger partial charge in [0.2, 0.25) is 5.88 Å². The van der Waals surface area contributed by atoms with Crippen molar-refractivity contribution in [2.24, 2.45) is 5.41 Å². The Morgan fingerprint density at radius 1 is 1.14 bits per heavy atom. The van der Waals surface area contributed by atoms with E-state index in [0.717, 1.165) is 0 Å². The van der Waals surface area contributed by atoms with Crippen molar-refractivity contribution in [1.82, 2.24) is 15.1 Å². The lowest BCUT2D eigenvalue weighted by molar-refractivity contribution is -0.137. The number of amides is 1. The van der Waals surface area contributed by atoms with E-state index in [9.17, 15) is 24.2 Å². The standard InChI is InChI=1S/C26H29ClFN3O5/c1-25(2,3)26(4,35)15-36-22-13-21(30-31(22)17-11-9-16(28)10-12-17)24(34)29-20(14-23(32)33)18-7-5-6-8-19(18)27/h5-13,20,35H,14-15H2,1-4H3,(H,29,34)(H,32,33)/t20-,26+/m0/s1. The summed E-state index contributed by atoms with van der Waals surface area (Å²) < 4.78 is 20.7. The summed E-state index contributed by atoms with van der Waals surface area (Å²) in [5.41, 5.74) is -0.913. The summed E-state index contributed by atoms with van der Waals surface area (Å²) >= 11 is 6.24. The molecular weight excluding hydrogens is 489 g/mol. The van der Waals surface area contributed by atoms with E-state index >= 15 is 0 Å². The van der Waals surface area contributed by atoms with Crippen LogP contribution in [0.1, 0.15) is 56.2 Å². The largest absolute Gasteiger partial charge is 0.481 e.